The van der Waals surface area contributed by atoms with E-state index in [4.69, 9.17) is 9.84 Å². The summed E-state index contributed by atoms with van der Waals surface area (Å²) < 4.78 is 5.72. The van der Waals surface area contributed by atoms with Crippen LogP contribution >= 0.6 is 0 Å². The molecule has 114 valence electrons. The van der Waals surface area contributed by atoms with Crippen LogP contribution in [0.3, 0.4) is 0 Å². The second kappa shape index (κ2) is 6.13. The van der Waals surface area contributed by atoms with Crippen LogP contribution in [0.15, 0.2) is 24.3 Å². The Morgan fingerprint density at radius 3 is 2.71 bits per heavy atom. The zero-order valence-electron chi connectivity index (χ0n) is 12.4. The van der Waals surface area contributed by atoms with Crippen molar-refractivity contribution in [2.45, 2.75) is 25.6 Å². The maximum atomic E-state index is 11.1. The van der Waals surface area contributed by atoms with Crippen LogP contribution < -0.4 is 0 Å². The third-order valence-corrected chi connectivity index (χ3v) is 4.64. The lowest BCUT2D eigenvalue weighted by Gasteiger charge is -2.42. The molecule has 5 heteroatoms. The number of rotatable bonds is 3. The fourth-order valence-electron chi connectivity index (χ4n) is 3.26. The molecule has 1 aromatic rings. The highest BCUT2D eigenvalue weighted by atomic mass is 16.5. The van der Waals surface area contributed by atoms with Gasteiger partial charge in [0.2, 0.25) is 0 Å². The first kappa shape index (κ1) is 14.5. The number of benzene rings is 1. The molecule has 5 nitrogen and oxygen atoms in total. The summed E-state index contributed by atoms with van der Waals surface area (Å²) in [6, 6.07) is 8.36. The lowest BCUT2D eigenvalue weighted by Crippen LogP contribution is -2.53. The van der Waals surface area contributed by atoms with Crippen molar-refractivity contribution >= 4 is 5.97 Å². The molecule has 1 N–H and O–H groups in total. The highest BCUT2D eigenvalue weighted by molar-refractivity contribution is 5.72. The van der Waals surface area contributed by atoms with Gasteiger partial charge in [-0.3, -0.25) is 14.6 Å². The maximum absolute atomic E-state index is 11.1. The lowest BCUT2D eigenvalue weighted by molar-refractivity contribution is -0.143. The first-order valence-corrected chi connectivity index (χ1v) is 7.53. The van der Waals surface area contributed by atoms with E-state index in [0.717, 1.165) is 32.8 Å². The highest BCUT2D eigenvalue weighted by Crippen LogP contribution is 2.30. The fraction of sp³-hybridized carbons (Fsp3) is 0.562. The van der Waals surface area contributed by atoms with Gasteiger partial charge in [0.1, 0.15) is 6.04 Å². The normalized spacial score (nSPS) is 25.3. The van der Waals surface area contributed by atoms with Crippen molar-refractivity contribution in [3.63, 3.8) is 0 Å². The zero-order chi connectivity index (χ0) is 14.8. The number of piperazine rings is 1. The Morgan fingerprint density at radius 2 is 2.00 bits per heavy atom. The summed E-state index contributed by atoms with van der Waals surface area (Å²) >= 11 is 0. The summed E-state index contributed by atoms with van der Waals surface area (Å²) in [5, 5.41) is 9.10. The molecule has 0 saturated carbocycles. The molecule has 0 aromatic heterocycles. The van der Waals surface area contributed by atoms with Gasteiger partial charge in [0.05, 0.1) is 19.3 Å². The van der Waals surface area contributed by atoms with Crippen molar-refractivity contribution in [3.8, 4) is 0 Å². The molecule has 0 aliphatic carbocycles. The van der Waals surface area contributed by atoms with Gasteiger partial charge in [-0.2, -0.15) is 0 Å². The van der Waals surface area contributed by atoms with Gasteiger partial charge in [0, 0.05) is 26.2 Å². The van der Waals surface area contributed by atoms with Crippen LogP contribution in [0.5, 0.6) is 0 Å². The van der Waals surface area contributed by atoms with Gasteiger partial charge >= 0.3 is 5.97 Å². The number of carboxylic acid groups (broad SMARTS) is 1. The number of carboxylic acids is 1. The third-order valence-electron chi connectivity index (χ3n) is 4.64. The van der Waals surface area contributed by atoms with Gasteiger partial charge in [-0.15, -0.1) is 0 Å². The van der Waals surface area contributed by atoms with E-state index in [0.29, 0.717) is 12.6 Å². The van der Waals surface area contributed by atoms with Crippen molar-refractivity contribution in [2.24, 2.45) is 0 Å². The summed E-state index contributed by atoms with van der Waals surface area (Å²) in [5.74, 6) is -0.741. The first-order valence-electron chi connectivity index (χ1n) is 7.53. The minimum Gasteiger partial charge on any atom is -0.480 e. The molecule has 1 saturated heterocycles. The largest absolute Gasteiger partial charge is 0.480 e. The molecule has 1 fully saturated rings. The Labute approximate surface area is 125 Å². The quantitative estimate of drug-likeness (QED) is 0.910. The summed E-state index contributed by atoms with van der Waals surface area (Å²) in [7, 11) is 0. The lowest BCUT2D eigenvalue weighted by atomic mass is 9.97. The van der Waals surface area contributed by atoms with Crippen LogP contribution in [-0.2, 0) is 16.1 Å². The van der Waals surface area contributed by atoms with Gasteiger partial charge in [0.25, 0.3) is 0 Å². The molecule has 2 heterocycles. The van der Waals surface area contributed by atoms with Crippen molar-refractivity contribution < 1.29 is 14.6 Å². The monoisotopic (exact) mass is 290 g/mol. The molecule has 0 spiro atoms. The summed E-state index contributed by atoms with van der Waals surface area (Å²) in [6.45, 7) is 6.56. The average Bonchev–Trinajstić information content (AvgIpc) is 2.53. The standard InChI is InChI=1S/C16H22N2O3/c1-12(16(19)20)17-6-8-18(9-7-17)15-11-21-10-13-4-2-3-5-14(13)15/h2-5,12,15H,6-11H2,1H3,(H,19,20). The molecule has 2 unspecified atom stereocenters. The maximum Gasteiger partial charge on any atom is 0.320 e. The van der Waals surface area contributed by atoms with E-state index in [1.807, 2.05) is 4.90 Å². The number of aliphatic carboxylic acids is 1. The van der Waals surface area contributed by atoms with E-state index in [1.165, 1.54) is 11.1 Å². The number of carbonyl (C=O) groups is 1. The molecule has 0 radical (unpaired) electrons. The van der Waals surface area contributed by atoms with E-state index in [1.54, 1.807) is 6.92 Å². The number of hydrogen-bond donors (Lipinski definition) is 1. The third kappa shape index (κ3) is 2.95. The number of fused-ring (bicyclic) bond motifs is 1. The summed E-state index contributed by atoms with van der Waals surface area (Å²) in [4.78, 5) is 15.5. The van der Waals surface area contributed by atoms with Crippen LogP contribution in [0.2, 0.25) is 0 Å². The van der Waals surface area contributed by atoms with Crippen LogP contribution in [-0.4, -0.2) is 59.7 Å². The zero-order valence-corrected chi connectivity index (χ0v) is 12.4. The number of hydrogen-bond acceptors (Lipinski definition) is 4. The molecular weight excluding hydrogens is 268 g/mol. The molecule has 2 atom stereocenters. The van der Waals surface area contributed by atoms with Crippen LogP contribution in [0.25, 0.3) is 0 Å². The van der Waals surface area contributed by atoms with Gasteiger partial charge < -0.3 is 9.84 Å². The minimum atomic E-state index is -0.741. The van der Waals surface area contributed by atoms with Crippen LogP contribution in [0.4, 0.5) is 0 Å². The molecular formula is C16H22N2O3. The van der Waals surface area contributed by atoms with Gasteiger partial charge in [-0.1, -0.05) is 24.3 Å². The predicted molar refractivity (Wildman–Crippen MR) is 79.1 cm³/mol. The molecule has 21 heavy (non-hydrogen) atoms. The summed E-state index contributed by atoms with van der Waals surface area (Å²) in [6.07, 6.45) is 0. The molecule has 2 aliphatic rings. The Kier molecular flexibility index (Phi) is 4.24. The number of ether oxygens (including phenoxy) is 1. The smallest absolute Gasteiger partial charge is 0.320 e. The fourth-order valence-corrected chi connectivity index (χ4v) is 3.26. The Balaban J connectivity index is 1.67. The van der Waals surface area contributed by atoms with E-state index in [9.17, 15) is 4.79 Å². The minimum absolute atomic E-state index is 0.303. The molecule has 0 amide bonds. The van der Waals surface area contributed by atoms with E-state index in [2.05, 4.69) is 29.2 Å². The van der Waals surface area contributed by atoms with Crippen molar-refractivity contribution in [3.05, 3.63) is 35.4 Å². The van der Waals surface area contributed by atoms with Crippen LogP contribution in [0, 0.1) is 0 Å². The van der Waals surface area contributed by atoms with Crippen molar-refractivity contribution in [2.75, 3.05) is 32.8 Å². The molecule has 0 bridgehead atoms. The Hall–Kier alpha value is -1.43. The molecule has 2 aliphatic heterocycles. The van der Waals surface area contributed by atoms with Crippen molar-refractivity contribution in [1.29, 1.82) is 0 Å². The number of nitrogens with zero attached hydrogens (tertiary/aromatic N) is 2. The van der Waals surface area contributed by atoms with Gasteiger partial charge in [0.15, 0.2) is 0 Å². The van der Waals surface area contributed by atoms with Crippen LogP contribution in [0.1, 0.15) is 24.1 Å². The Morgan fingerprint density at radius 1 is 1.29 bits per heavy atom. The predicted octanol–water partition coefficient (Wildman–Crippen LogP) is 1.35. The topological polar surface area (TPSA) is 53.0 Å². The summed E-state index contributed by atoms with van der Waals surface area (Å²) in [5.41, 5.74) is 2.64. The average molecular weight is 290 g/mol. The van der Waals surface area contributed by atoms with Crippen molar-refractivity contribution in [1.82, 2.24) is 9.80 Å². The highest BCUT2D eigenvalue weighted by Gasteiger charge is 2.31. The SMILES string of the molecule is CC(C(=O)O)N1CCN(C2COCc3ccccc32)CC1. The second-order valence-electron chi connectivity index (χ2n) is 5.82. The molecule has 1 aromatic carbocycles. The van der Waals surface area contributed by atoms with Gasteiger partial charge in [-0.05, 0) is 18.1 Å². The first-order chi connectivity index (χ1) is 10.2. The Bertz CT molecular complexity index is 512. The van der Waals surface area contributed by atoms with E-state index >= 15 is 0 Å². The molecule has 3 rings (SSSR count). The van der Waals surface area contributed by atoms with E-state index < -0.39 is 12.0 Å². The van der Waals surface area contributed by atoms with Gasteiger partial charge in [-0.25, -0.2) is 0 Å². The van der Waals surface area contributed by atoms with E-state index in [-0.39, 0.29) is 0 Å². The second-order valence-corrected chi connectivity index (χ2v) is 5.82.